The molecule has 0 aromatic carbocycles. The molecule has 7 nitrogen and oxygen atoms in total. The minimum Gasteiger partial charge on any atom is -0.480 e. The molecular formula is C12H22N2O5. The van der Waals surface area contributed by atoms with E-state index in [2.05, 4.69) is 5.32 Å². The van der Waals surface area contributed by atoms with E-state index in [1.165, 1.54) is 0 Å². The lowest BCUT2D eigenvalue weighted by Gasteiger charge is -2.28. The average molecular weight is 274 g/mol. The van der Waals surface area contributed by atoms with Crippen LogP contribution in [0.1, 0.15) is 27.7 Å². The molecule has 0 radical (unpaired) electrons. The largest absolute Gasteiger partial charge is 0.480 e. The van der Waals surface area contributed by atoms with Gasteiger partial charge < -0.3 is 20.4 Å². The van der Waals surface area contributed by atoms with Gasteiger partial charge in [-0.05, 0) is 11.3 Å². The SMILES string of the molecule is CC(CNC(=O)N(CC(=O)O)CC(=O)O)C(C)(C)C. The van der Waals surface area contributed by atoms with Gasteiger partial charge in [-0.2, -0.15) is 0 Å². The molecule has 0 aromatic rings. The second-order valence-corrected chi connectivity index (χ2v) is 5.60. The molecule has 0 spiro atoms. The van der Waals surface area contributed by atoms with Crippen LogP contribution in [0.3, 0.4) is 0 Å². The Kier molecular flexibility index (Phi) is 6.31. The second-order valence-electron chi connectivity index (χ2n) is 5.60. The standard InChI is InChI=1S/C12H22N2O5/c1-8(12(2,3)4)5-13-11(19)14(6-9(15)16)7-10(17)18/h8H,5-7H2,1-4H3,(H,13,19)(H,15,16)(H,17,18). The number of urea groups is 1. The smallest absolute Gasteiger partial charge is 0.323 e. The van der Waals surface area contributed by atoms with Crippen molar-refractivity contribution in [3.63, 3.8) is 0 Å². The predicted molar refractivity (Wildman–Crippen MR) is 68.9 cm³/mol. The van der Waals surface area contributed by atoms with Crippen molar-refractivity contribution in [3.8, 4) is 0 Å². The summed E-state index contributed by atoms with van der Waals surface area (Å²) in [5, 5.41) is 19.8. The lowest BCUT2D eigenvalue weighted by Crippen LogP contribution is -2.47. The molecule has 2 amide bonds. The molecule has 0 bridgehead atoms. The fourth-order valence-corrected chi connectivity index (χ4v) is 1.18. The van der Waals surface area contributed by atoms with Crippen LogP contribution in [0.25, 0.3) is 0 Å². The molecule has 0 aromatic heterocycles. The Labute approximate surface area is 112 Å². The first-order chi connectivity index (χ1) is 8.54. The monoisotopic (exact) mass is 274 g/mol. The number of carboxylic acid groups (broad SMARTS) is 2. The Morgan fingerprint density at radius 2 is 1.53 bits per heavy atom. The first-order valence-electron chi connectivity index (χ1n) is 6.00. The number of amides is 2. The molecule has 0 aliphatic rings. The molecule has 0 saturated heterocycles. The number of carboxylic acids is 2. The topological polar surface area (TPSA) is 107 Å². The molecule has 7 heteroatoms. The van der Waals surface area contributed by atoms with Crippen LogP contribution in [0, 0.1) is 11.3 Å². The second kappa shape index (κ2) is 6.96. The number of rotatable bonds is 6. The first kappa shape index (κ1) is 17.2. The van der Waals surface area contributed by atoms with Gasteiger partial charge >= 0.3 is 18.0 Å². The number of nitrogens with one attached hydrogen (secondary N) is 1. The Hall–Kier alpha value is -1.79. The summed E-state index contributed by atoms with van der Waals surface area (Å²) >= 11 is 0. The van der Waals surface area contributed by atoms with E-state index in [4.69, 9.17) is 10.2 Å². The van der Waals surface area contributed by atoms with Crippen molar-refractivity contribution < 1.29 is 24.6 Å². The van der Waals surface area contributed by atoms with Crippen LogP contribution in [0.5, 0.6) is 0 Å². The normalized spacial score (nSPS) is 12.6. The van der Waals surface area contributed by atoms with Crippen LogP contribution in [-0.4, -0.2) is 52.7 Å². The van der Waals surface area contributed by atoms with E-state index in [0.717, 1.165) is 4.90 Å². The van der Waals surface area contributed by atoms with E-state index in [-0.39, 0.29) is 11.3 Å². The van der Waals surface area contributed by atoms with Crippen molar-refractivity contribution in [1.82, 2.24) is 10.2 Å². The maximum Gasteiger partial charge on any atom is 0.323 e. The zero-order valence-corrected chi connectivity index (χ0v) is 11.8. The Bertz CT molecular complexity index is 333. The van der Waals surface area contributed by atoms with Crippen molar-refractivity contribution in [1.29, 1.82) is 0 Å². The summed E-state index contributed by atoms with van der Waals surface area (Å²) in [6.45, 7) is 7.11. The van der Waals surface area contributed by atoms with Gasteiger partial charge in [0.1, 0.15) is 13.1 Å². The quantitative estimate of drug-likeness (QED) is 0.665. The summed E-state index contributed by atoms with van der Waals surface area (Å²) in [6.07, 6.45) is 0. The van der Waals surface area contributed by atoms with E-state index < -0.39 is 31.1 Å². The molecule has 1 unspecified atom stereocenters. The van der Waals surface area contributed by atoms with Gasteiger partial charge in [0.15, 0.2) is 0 Å². The minimum absolute atomic E-state index is 0.00228. The lowest BCUT2D eigenvalue weighted by molar-refractivity contribution is -0.140. The van der Waals surface area contributed by atoms with E-state index >= 15 is 0 Å². The molecule has 0 aliphatic heterocycles. The fourth-order valence-electron chi connectivity index (χ4n) is 1.18. The Morgan fingerprint density at radius 3 is 1.84 bits per heavy atom. The summed E-state index contributed by atoms with van der Waals surface area (Å²) in [5.41, 5.74) is -0.00228. The number of carbonyl (C=O) groups is 3. The predicted octanol–water partition coefficient (Wildman–Crippen LogP) is 0.849. The zero-order valence-electron chi connectivity index (χ0n) is 11.8. The highest BCUT2D eigenvalue weighted by atomic mass is 16.4. The lowest BCUT2D eigenvalue weighted by atomic mass is 9.82. The highest BCUT2D eigenvalue weighted by molar-refractivity contribution is 5.84. The molecule has 19 heavy (non-hydrogen) atoms. The van der Waals surface area contributed by atoms with E-state index in [9.17, 15) is 14.4 Å². The van der Waals surface area contributed by atoms with Crippen LogP contribution in [0.4, 0.5) is 4.79 Å². The summed E-state index contributed by atoms with van der Waals surface area (Å²) in [4.78, 5) is 33.6. The van der Waals surface area contributed by atoms with Crippen molar-refractivity contribution in [2.75, 3.05) is 19.6 Å². The molecular weight excluding hydrogens is 252 g/mol. The molecule has 0 fully saturated rings. The van der Waals surface area contributed by atoms with Gasteiger partial charge in [-0.25, -0.2) is 4.79 Å². The van der Waals surface area contributed by atoms with Gasteiger partial charge in [0.05, 0.1) is 0 Å². The van der Waals surface area contributed by atoms with Crippen LogP contribution in [0.2, 0.25) is 0 Å². The average Bonchev–Trinajstić information content (AvgIpc) is 2.21. The molecule has 0 rings (SSSR count). The number of carbonyl (C=O) groups excluding carboxylic acids is 1. The molecule has 0 heterocycles. The zero-order chi connectivity index (χ0) is 15.2. The summed E-state index contributed by atoms with van der Waals surface area (Å²) < 4.78 is 0. The summed E-state index contributed by atoms with van der Waals surface area (Å²) in [7, 11) is 0. The van der Waals surface area contributed by atoms with Gasteiger partial charge in [0.25, 0.3) is 0 Å². The highest BCUT2D eigenvalue weighted by Gasteiger charge is 2.23. The molecule has 0 aliphatic carbocycles. The summed E-state index contributed by atoms with van der Waals surface area (Å²) in [6, 6.07) is -0.680. The van der Waals surface area contributed by atoms with Crippen LogP contribution >= 0.6 is 0 Å². The molecule has 110 valence electrons. The van der Waals surface area contributed by atoms with Crippen molar-refractivity contribution in [2.45, 2.75) is 27.7 Å². The van der Waals surface area contributed by atoms with Gasteiger partial charge in [0.2, 0.25) is 0 Å². The maximum atomic E-state index is 11.7. The van der Waals surface area contributed by atoms with Crippen LogP contribution in [0.15, 0.2) is 0 Å². The van der Waals surface area contributed by atoms with Crippen LogP contribution < -0.4 is 5.32 Å². The summed E-state index contributed by atoms with van der Waals surface area (Å²) in [5.74, 6) is -2.33. The third-order valence-electron chi connectivity index (χ3n) is 2.98. The molecule has 0 saturated carbocycles. The van der Waals surface area contributed by atoms with Crippen LogP contribution in [-0.2, 0) is 9.59 Å². The third-order valence-corrected chi connectivity index (χ3v) is 2.98. The first-order valence-corrected chi connectivity index (χ1v) is 6.00. The number of aliphatic carboxylic acids is 2. The number of hydrogen-bond acceptors (Lipinski definition) is 3. The molecule has 3 N–H and O–H groups in total. The number of nitrogens with zero attached hydrogens (tertiary/aromatic N) is 1. The Balaban J connectivity index is 4.48. The Morgan fingerprint density at radius 1 is 1.11 bits per heavy atom. The van der Waals surface area contributed by atoms with E-state index in [1.807, 2.05) is 27.7 Å². The van der Waals surface area contributed by atoms with Crippen molar-refractivity contribution in [2.24, 2.45) is 11.3 Å². The third kappa shape index (κ3) is 7.28. The maximum absolute atomic E-state index is 11.7. The highest BCUT2D eigenvalue weighted by Crippen LogP contribution is 2.24. The van der Waals surface area contributed by atoms with Crippen molar-refractivity contribution in [3.05, 3.63) is 0 Å². The fraction of sp³-hybridized carbons (Fsp3) is 0.750. The van der Waals surface area contributed by atoms with Crippen molar-refractivity contribution >= 4 is 18.0 Å². The van der Waals surface area contributed by atoms with Gasteiger partial charge in [-0.3, -0.25) is 9.59 Å². The van der Waals surface area contributed by atoms with Gasteiger partial charge in [-0.1, -0.05) is 27.7 Å². The van der Waals surface area contributed by atoms with E-state index in [1.54, 1.807) is 0 Å². The minimum atomic E-state index is -1.25. The number of hydrogen-bond donors (Lipinski definition) is 3. The van der Waals surface area contributed by atoms with Gasteiger partial charge in [0, 0.05) is 6.54 Å². The molecule has 1 atom stereocenters. The van der Waals surface area contributed by atoms with Gasteiger partial charge in [-0.15, -0.1) is 0 Å². The van der Waals surface area contributed by atoms with E-state index in [0.29, 0.717) is 6.54 Å².